The van der Waals surface area contributed by atoms with Gasteiger partial charge in [-0.2, -0.15) is 0 Å². The average molecular weight is 298 g/mol. The van der Waals surface area contributed by atoms with Crippen LogP contribution in [-0.2, 0) is 35.3 Å². The van der Waals surface area contributed by atoms with Crippen LogP contribution in [0, 0.1) is 0 Å². The lowest BCUT2D eigenvalue weighted by molar-refractivity contribution is -0.137. The van der Waals surface area contributed by atoms with Crippen molar-refractivity contribution in [3.05, 3.63) is 70.8 Å². The molecule has 2 aromatic carbocycles. The molecule has 114 valence electrons. The summed E-state index contributed by atoms with van der Waals surface area (Å²) >= 11 is 0. The number of hydrogen-bond acceptors (Lipinski definition) is 2. The number of aliphatic carboxylic acids is 2. The van der Waals surface area contributed by atoms with Gasteiger partial charge in [-0.15, -0.1) is 0 Å². The van der Waals surface area contributed by atoms with Gasteiger partial charge < -0.3 is 10.2 Å². The fraction of sp³-hybridized carbons (Fsp3) is 0.222. The monoisotopic (exact) mass is 298 g/mol. The molecule has 4 heteroatoms. The van der Waals surface area contributed by atoms with E-state index in [-0.39, 0.29) is 12.8 Å². The Morgan fingerprint density at radius 1 is 0.682 bits per heavy atom. The van der Waals surface area contributed by atoms with Crippen LogP contribution in [0.4, 0.5) is 0 Å². The van der Waals surface area contributed by atoms with Crippen LogP contribution in [0.5, 0.6) is 0 Å². The zero-order chi connectivity index (χ0) is 15.9. The van der Waals surface area contributed by atoms with Crippen molar-refractivity contribution in [3.63, 3.8) is 0 Å². The highest BCUT2D eigenvalue weighted by Crippen LogP contribution is 2.12. The predicted molar refractivity (Wildman–Crippen MR) is 83.0 cm³/mol. The number of aryl methyl sites for hydroxylation is 2. The Kier molecular flexibility index (Phi) is 5.31. The number of carboxylic acid groups (broad SMARTS) is 2. The minimum Gasteiger partial charge on any atom is -0.481 e. The number of carbonyl (C=O) groups is 2. The summed E-state index contributed by atoms with van der Waals surface area (Å²) in [5.74, 6) is -1.67. The first-order valence-corrected chi connectivity index (χ1v) is 7.12. The molecule has 0 amide bonds. The Labute approximate surface area is 129 Å². The molecule has 0 unspecified atom stereocenters. The first-order valence-electron chi connectivity index (χ1n) is 7.12. The summed E-state index contributed by atoms with van der Waals surface area (Å²) in [6.45, 7) is 0. The second-order valence-electron chi connectivity index (χ2n) is 5.28. The van der Waals surface area contributed by atoms with Gasteiger partial charge in [-0.05, 0) is 35.1 Å². The van der Waals surface area contributed by atoms with Gasteiger partial charge in [0.05, 0.1) is 12.8 Å². The number of rotatable bonds is 7. The highest BCUT2D eigenvalue weighted by atomic mass is 16.4. The van der Waals surface area contributed by atoms with E-state index in [2.05, 4.69) is 0 Å². The van der Waals surface area contributed by atoms with Crippen LogP contribution in [-0.4, -0.2) is 22.2 Å². The second-order valence-corrected chi connectivity index (χ2v) is 5.28. The first-order chi connectivity index (χ1) is 10.5. The Hall–Kier alpha value is -2.62. The number of carboxylic acids is 2. The van der Waals surface area contributed by atoms with Gasteiger partial charge in [-0.1, -0.05) is 48.5 Å². The van der Waals surface area contributed by atoms with Gasteiger partial charge in [0.1, 0.15) is 0 Å². The van der Waals surface area contributed by atoms with E-state index < -0.39 is 11.9 Å². The minimum absolute atomic E-state index is 0.0297. The maximum absolute atomic E-state index is 10.7. The minimum atomic E-state index is -0.835. The standard InChI is InChI=1S/C18H18O4/c19-17(20)11-15-5-1-3-13(9-15)7-8-14-4-2-6-16(10-14)12-18(21)22/h1-6,9-10H,7-8,11-12H2,(H,19,20)(H,21,22). The molecule has 0 saturated carbocycles. The largest absolute Gasteiger partial charge is 0.481 e. The van der Waals surface area contributed by atoms with Crippen LogP contribution >= 0.6 is 0 Å². The maximum atomic E-state index is 10.7. The Balaban J connectivity index is 2.00. The van der Waals surface area contributed by atoms with E-state index in [1.807, 2.05) is 48.5 Å². The third kappa shape index (κ3) is 5.05. The molecule has 4 nitrogen and oxygen atoms in total. The topological polar surface area (TPSA) is 74.6 Å². The fourth-order valence-corrected chi connectivity index (χ4v) is 2.43. The zero-order valence-electron chi connectivity index (χ0n) is 12.2. The summed E-state index contributed by atoms with van der Waals surface area (Å²) in [4.78, 5) is 21.5. The summed E-state index contributed by atoms with van der Waals surface area (Å²) < 4.78 is 0. The molecular formula is C18H18O4. The molecule has 22 heavy (non-hydrogen) atoms. The number of hydrogen-bond donors (Lipinski definition) is 2. The van der Waals surface area contributed by atoms with Gasteiger partial charge >= 0.3 is 11.9 Å². The van der Waals surface area contributed by atoms with Crippen LogP contribution in [0.3, 0.4) is 0 Å². The molecule has 0 saturated heterocycles. The van der Waals surface area contributed by atoms with Crippen LogP contribution in [0.25, 0.3) is 0 Å². The molecule has 0 fully saturated rings. The van der Waals surface area contributed by atoms with Crippen molar-refractivity contribution >= 4 is 11.9 Å². The van der Waals surface area contributed by atoms with Gasteiger partial charge in [0.2, 0.25) is 0 Å². The van der Waals surface area contributed by atoms with Crippen molar-refractivity contribution in [1.29, 1.82) is 0 Å². The molecule has 2 N–H and O–H groups in total. The molecule has 0 heterocycles. The molecule has 0 aliphatic carbocycles. The van der Waals surface area contributed by atoms with E-state index >= 15 is 0 Å². The highest BCUT2D eigenvalue weighted by molar-refractivity contribution is 5.70. The van der Waals surface area contributed by atoms with Gasteiger partial charge in [0, 0.05) is 0 Å². The zero-order valence-corrected chi connectivity index (χ0v) is 12.2. The fourth-order valence-electron chi connectivity index (χ4n) is 2.43. The van der Waals surface area contributed by atoms with Gasteiger partial charge in [-0.25, -0.2) is 0 Å². The van der Waals surface area contributed by atoms with E-state index in [1.54, 1.807) is 0 Å². The molecule has 0 spiro atoms. The lowest BCUT2D eigenvalue weighted by Gasteiger charge is -2.06. The summed E-state index contributed by atoms with van der Waals surface area (Å²) in [6, 6.07) is 15.1. The summed E-state index contributed by atoms with van der Waals surface area (Å²) in [6.07, 6.45) is 1.65. The van der Waals surface area contributed by atoms with E-state index in [0.717, 1.165) is 35.1 Å². The van der Waals surface area contributed by atoms with E-state index in [4.69, 9.17) is 10.2 Å². The van der Waals surface area contributed by atoms with Crippen molar-refractivity contribution < 1.29 is 19.8 Å². The predicted octanol–water partition coefficient (Wildman–Crippen LogP) is 2.73. The van der Waals surface area contributed by atoms with Crippen LogP contribution in [0.2, 0.25) is 0 Å². The molecule has 0 bridgehead atoms. The van der Waals surface area contributed by atoms with Crippen LogP contribution < -0.4 is 0 Å². The van der Waals surface area contributed by atoms with Gasteiger partial charge in [0.25, 0.3) is 0 Å². The molecule has 2 rings (SSSR count). The first kappa shape index (κ1) is 15.8. The molecule has 0 aliphatic heterocycles. The molecular weight excluding hydrogens is 280 g/mol. The van der Waals surface area contributed by atoms with Crippen LogP contribution in [0.15, 0.2) is 48.5 Å². The van der Waals surface area contributed by atoms with Crippen molar-refractivity contribution in [3.8, 4) is 0 Å². The average Bonchev–Trinajstić information content (AvgIpc) is 2.44. The molecule has 0 radical (unpaired) electrons. The molecule has 2 aromatic rings. The van der Waals surface area contributed by atoms with Gasteiger partial charge in [-0.3, -0.25) is 9.59 Å². The number of benzene rings is 2. The van der Waals surface area contributed by atoms with Crippen molar-refractivity contribution in [1.82, 2.24) is 0 Å². The second kappa shape index (κ2) is 7.41. The normalized spacial score (nSPS) is 10.4. The Bertz CT molecular complexity index is 617. The Morgan fingerprint density at radius 2 is 1.05 bits per heavy atom. The lowest BCUT2D eigenvalue weighted by atomic mass is 10.00. The lowest BCUT2D eigenvalue weighted by Crippen LogP contribution is -2.02. The molecule has 0 aromatic heterocycles. The third-order valence-corrected chi connectivity index (χ3v) is 3.40. The smallest absolute Gasteiger partial charge is 0.307 e. The van der Waals surface area contributed by atoms with Crippen molar-refractivity contribution in [2.24, 2.45) is 0 Å². The molecule has 0 atom stereocenters. The quantitative estimate of drug-likeness (QED) is 0.824. The Morgan fingerprint density at radius 3 is 1.41 bits per heavy atom. The van der Waals surface area contributed by atoms with E-state index in [9.17, 15) is 9.59 Å². The maximum Gasteiger partial charge on any atom is 0.307 e. The highest BCUT2D eigenvalue weighted by Gasteiger charge is 2.04. The third-order valence-electron chi connectivity index (χ3n) is 3.40. The SMILES string of the molecule is O=C(O)Cc1cccc(CCc2cccc(CC(=O)O)c2)c1. The van der Waals surface area contributed by atoms with Gasteiger partial charge in [0.15, 0.2) is 0 Å². The van der Waals surface area contributed by atoms with Crippen LogP contribution in [0.1, 0.15) is 22.3 Å². The summed E-state index contributed by atoms with van der Waals surface area (Å²) in [5.41, 5.74) is 3.76. The van der Waals surface area contributed by atoms with Crippen molar-refractivity contribution in [2.75, 3.05) is 0 Å². The van der Waals surface area contributed by atoms with Crippen molar-refractivity contribution in [2.45, 2.75) is 25.7 Å². The summed E-state index contributed by atoms with van der Waals surface area (Å²) in [7, 11) is 0. The van der Waals surface area contributed by atoms with E-state index in [1.165, 1.54) is 0 Å². The van der Waals surface area contributed by atoms with E-state index in [0.29, 0.717) is 0 Å². The molecule has 0 aliphatic rings. The summed E-state index contributed by atoms with van der Waals surface area (Å²) in [5, 5.41) is 17.6.